The molecule has 1 aliphatic rings. The lowest BCUT2D eigenvalue weighted by Crippen LogP contribution is -2.39. The molecule has 23 heavy (non-hydrogen) atoms. The number of para-hydroxylation sites is 1. The lowest BCUT2D eigenvalue weighted by Gasteiger charge is -2.32. The first-order valence-corrected chi connectivity index (χ1v) is 8.04. The maximum absolute atomic E-state index is 12.4. The summed E-state index contributed by atoms with van der Waals surface area (Å²) in [5, 5.41) is 0. The van der Waals surface area contributed by atoms with Gasteiger partial charge in [0.1, 0.15) is 5.75 Å². The molecule has 1 aliphatic heterocycles. The molecular weight excluding hydrogens is 290 g/mol. The first-order chi connectivity index (χ1) is 11.3. The van der Waals surface area contributed by atoms with Crippen LogP contribution < -0.4 is 4.74 Å². The molecular formula is C18H21N3O2. The molecule has 0 spiro atoms. The van der Waals surface area contributed by atoms with E-state index < -0.39 is 0 Å². The Hall–Kier alpha value is -2.43. The van der Waals surface area contributed by atoms with Crippen LogP contribution in [-0.4, -0.2) is 40.5 Å². The molecule has 120 valence electrons. The van der Waals surface area contributed by atoms with Gasteiger partial charge in [0.15, 0.2) is 0 Å². The number of carbonyl (C=O) groups excluding carboxylic acids is 1. The smallest absolute Gasteiger partial charge is 0.226 e. The summed E-state index contributed by atoms with van der Waals surface area (Å²) in [5.74, 6) is 1.24. The van der Waals surface area contributed by atoms with Crippen LogP contribution in [0.4, 0.5) is 0 Å². The molecule has 2 aromatic rings. The van der Waals surface area contributed by atoms with Crippen LogP contribution in [0.15, 0.2) is 48.9 Å². The summed E-state index contributed by atoms with van der Waals surface area (Å²) in [4.78, 5) is 22.8. The second-order valence-electron chi connectivity index (χ2n) is 5.72. The predicted molar refractivity (Wildman–Crippen MR) is 87.1 cm³/mol. The third kappa shape index (κ3) is 4.28. The van der Waals surface area contributed by atoms with Gasteiger partial charge < -0.3 is 9.64 Å². The third-order valence-electron chi connectivity index (χ3n) is 4.10. The molecule has 1 saturated heterocycles. The van der Waals surface area contributed by atoms with E-state index in [4.69, 9.17) is 4.74 Å². The van der Waals surface area contributed by atoms with Crippen LogP contribution in [0.2, 0.25) is 0 Å². The highest BCUT2D eigenvalue weighted by atomic mass is 16.5. The van der Waals surface area contributed by atoms with E-state index in [1.165, 1.54) is 0 Å². The molecule has 3 rings (SSSR count). The van der Waals surface area contributed by atoms with Crippen LogP contribution in [0, 0.1) is 0 Å². The molecule has 1 atom stereocenters. The monoisotopic (exact) mass is 311 g/mol. The minimum atomic E-state index is 0.148. The van der Waals surface area contributed by atoms with E-state index in [1.807, 2.05) is 35.2 Å². The Morgan fingerprint density at radius 2 is 2.13 bits per heavy atom. The number of aromatic nitrogens is 2. The van der Waals surface area contributed by atoms with Gasteiger partial charge in [-0.2, -0.15) is 0 Å². The number of rotatable bonds is 5. The van der Waals surface area contributed by atoms with Crippen LogP contribution in [0.5, 0.6) is 5.75 Å². The quantitative estimate of drug-likeness (QED) is 0.852. The fourth-order valence-electron chi connectivity index (χ4n) is 2.90. The summed E-state index contributed by atoms with van der Waals surface area (Å²) in [6.07, 6.45) is 7.66. The Morgan fingerprint density at radius 1 is 1.26 bits per heavy atom. The van der Waals surface area contributed by atoms with Gasteiger partial charge in [-0.05, 0) is 25.0 Å². The fourth-order valence-corrected chi connectivity index (χ4v) is 2.90. The van der Waals surface area contributed by atoms with Crippen molar-refractivity contribution < 1.29 is 9.53 Å². The number of piperidine rings is 1. The maximum atomic E-state index is 12.4. The minimum absolute atomic E-state index is 0.148. The average molecular weight is 311 g/mol. The van der Waals surface area contributed by atoms with Crippen molar-refractivity contribution in [1.29, 1.82) is 0 Å². The first kappa shape index (κ1) is 15.5. The summed E-state index contributed by atoms with van der Waals surface area (Å²) in [6, 6.07) is 9.59. The van der Waals surface area contributed by atoms with Crippen LogP contribution in [-0.2, 0) is 4.79 Å². The van der Waals surface area contributed by atoms with Gasteiger partial charge in [-0.3, -0.25) is 14.8 Å². The number of amides is 1. The molecule has 5 heteroatoms. The van der Waals surface area contributed by atoms with Crippen molar-refractivity contribution in [2.75, 3.05) is 19.7 Å². The Balaban J connectivity index is 1.49. The van der Waals surface area contributed by atoms with Crippen molar-refractivity contribution in [3.8, 4) is 5.75 Å². The zero-order valence-corrected chi connectivity index (χ0v) is 13.1. The molecule has 0 unspecified atom stereocenters. The Labute approximate surface area is 136 Å². The maximum Gasteiger partial charge on any atom is 0.226 e. The molecule has 1 aromatic carbocycles. The van der Waals surface area contributed by atoms with E-state index in [9.17, 15) is 4.79 Å². The zero-order valence-electron chi connectivity index (χ0n) is 13.1. The highest BCUT2D eigenvalue weighted by Gasteiger charge is 2.25. The number of hydrogen-bond donors (Lipinski definition) is 0. The van der Waals surface area contributed by atoms with E-state index in [-0.39, 0.29) is 11.8 Å². The number of carbonyl (C=O) groups is 1. The third-order valence-corrected chi connectivity index (χ3v) is 4.10. The molecule has 2 heterocycles. The SMILES string of the molecule is O=C(CCOc1ccccc1)N1CCC[C@@H](c2cnccn2)C1. The summed E-state index contributed by atoms with van der Waals surface area (Å²) in [6.45, 7) is 1.96. The average Bonchev–Trinajstić information content (AvgIpc) is 2.63. The number of ether oxygens (including phenoxy) is 1. The van der Waals surface area contributed by atoms with Crippen molar-refractivity contribution in [3.05, 3.63) is 54.6 Å². The van der Waals surface area contributed by atoms with Crippen molar-refractivity contribution in [3.63, 3.8) is 0 Å². The first-order valence-electron chi connectivity index (χ1n) is 8.04. The van der Waals surface area contributed by atoms with E-state index >= 15 is 0 Å². The number of benzene rings is 1. The van der Waals surface area contributed by atoms with Crippen molar-refractivity contribution in [2.24, 2.45) is 0 Å². The van der Waals surface area contributed by atoms with E-state index in [0.717, 1.165) is 37.4 Å². The number of nitrogens with zero attached hydrogens (tertiary/aromatic N) is 3. The molecule has 0 aliphatic carbocycles. The van der Waals surface area contributed by atoms with Crippen molar-refractivity contribution in [1.82, 2.24) is 14.9 Å². The van der Waals surface area contributed by atoms with Gasteiger partial charge in [0, 0.05) is 37.6 Å². The van der Waals surface area contributed by atoms with Crippen LogP contribution in [0.25, 0.3) is 0 Å². The second-order valence-corrected chi connectivity index (χ2v) is 5.72. The van der Waals surface area contributed by atoms with Gasteiger partial charge >= 0.3 is 0 Å². The molecule has 0 bridgehead atoms. The highest BCUT2D eigenvalue weighted by molar-refractivity contribution is 5.76. The Morgan fingerprint density at radius 3 is 2.91 bits per heavy atom. The summed E-state index contributed by atoms with van der Waals surface area (Å²) >= 11 is 0. The predicted octanol–water partition coefficient (Wildman–Crippen LogP) is 2.65. The molecule has 1 fully saturated rings. The summed E-state index contributed by atoms with van der Waals surface area (Å²) in [5.41, 5.74) is 0.977. The number of likely N-dealkylation sites (tertiary alicyclic amines) is 1. The molecule has 0 saturated carbocycles. The second kappa shape index (κ2) is 7.72. The van der Waals surface area contributed by atoms with Gasteiger partial charge in [0.2, 0.25) is 5.91 Å². The molecule has 5 nitrogen and oxygen atoms in total. The summed E-state index contributed by atoms with van der Waals surface area (Å²) in [7, 11) is 0. The molecule has 1 amide bonds. The van der Waals surface area contributed by atoms with Crippen molar-refractivity contribution >= 4 is 5.91 Å². The zero-order chi connectivity index (χ0) is 15.9. The number of hydrogen-bond acceptors (Lipinski definition) is 4. The van der Waals surface area contributed by atoms with Crippen LogP contribution in [0.1, 0.15) is 30.9 Å². The lowest BCUT2D eigenvalue weighted by atomic mass is 9.95. The normalized spacial score (nSPS) is 17.7. The van der Waals surface area contributed by atoms with Crippen molar-refractivity contribution in [2.45, 2.75) is 25.2 Å². The van der Waals surface area contributed by atoms with Gasteiger partial charge in [0.25, 0.3) is 0 Å². The van der Waals surface area contributed by atoms with Gasteiger partial charge in [-0.25, -0.2) is 0 Å². The highest BCUT2D eigenvalue weighted by Crippen LogP contribution is 2.25. The Bertz CT molecular complexity index is 619. The Kier molecular flexibility index (Phi) is 5.19. The van der Waals surface area contributed by atoms with E-state index in [2.05, 4.69) is 9.97 Å². The lowest BCUT2D eigenvalue weighted by molar-refractivity contribution is -0.132. The van der Waals surface area contributed by atoms with Gasteiger partial charge in [0.05, 0.1) is 18.7 Å². The van der Waals surface area contributed by atoms with Gasteiger partial charge in [-0.1, -0.05) is 18.2 Å². The standard InChI is InChI=1S/C18H21N3O2/c22-18(8-12-23-16-6-2-1-3-7-16)21-11-4-5-15(14-21)17-13-19-9-10-20-17/h1-3,6-7,9-10,13,15H,4-5,8,11-12,14H2/t15-/m1/s1. The molecule has 1 aromatic heterocycles. The molecule has 0 N–H and O–H groups in total. The van der Waals surface area contributed by atoms with E-state index in [1.54, 1.807) is 18.6 Å². The summed E-state index contributed by atoms with van der Waals surface area (Å²) < 4.78 is 5.61. The van der Waals surface area contributed by atoms with Crippen LogP contribution >= 0.6 is 0 Å². The van der Waals surface area contributed by atoms with E-state index in [0.29, 0.717) is 13.0 Å². The fraction of sp³-hybridized carbons (Fsp3) is 0.389. The van der Waals surface area contributed by atoms with Crippen LogP contribution in [0.3, 0.4) is 0 Å². The minimum Gasteiger partial charge on any atom is -0.493 e. The van der Waals surface area contributed by atoms with Gasteiger partial charge in [-0.15, -0.1) is 0 Å². The topological polar surface area (TPSA) is 55.3 Å². The largest absolute Gasteiger partial charge is 0.493 e. The molecule has 0 radical (unpaired) electrons.